The molecule has 0 aromatic heterocycles. The summed E-state index contributed by atoms with van der Waals surface area (Å²) in [6.45, 7) is 8.22. The van der Waals surface area contributed by atoms with Crippen molar-refractivity contribution in [1.82, 2.24) is 5.32 Å². The Morgan fingerprint density at radius 2 is 1.65 bits per heavy atom. The second-order valence-corrected chi connectivity index (χ2v) is 11.0. The Kier molecular flexibility index (Phi) is 6.57. The van der Waals surface area contributed by atoms with Crippen LogP contribution in [0.4, 0.5) is 5.69 Å². The van der Waals surface area contributed by atoms with Crippen LogP contribution >= 0.6 is 0 Å². The van der Waals surface area contributed by atoms with Gasteiger partial charge in [0.2, 0.25) is 0 Å². The highest BCUT2D eigenvalue weighted by Gasteiger charge is 2.44. The van der Waals surface area contributed by atoms with Crippen molar-refractivity contribution in [3.8, 4) is 0 Å². The molecular formula is C29H36N2O3. The van der Waals surface area contributed by atoms with Gasteiger partial charge in [0.1, 0.15) is 11.3 Å². The van der Waals surface area contributed by atoms with E-state index < -0.39 is 17.4 Å². The molecule has 0 bridgehead atoms. The lowest BCUT2D eigenvalue weighted by Gasteiger charge is -2.25. The van der Waals surface area contributed by atoms with Crippen molar-refractivity contribution in [3.05, 3.63) is 76.6 Å². The maximum absolute atomic E-state index is 12.9. The van der Waals surface area contributed by atoms with Crippen LogP contribution in [0.1, 0.15) is 82.4 Å². The number of anilines is 1. The molecule has 0 spiro atoms. The Bertz CT molecular complexity index is 1090. The minimum atomic E-state index is -1.03. The van der Waals surface area contributed by atoms with E-state index in [1.54, 1.807) is 6.92 Å². The lowest BCUT2D eigenvalue weighted by molar-refractivity contribution is -0.121. The van der Waals surface area contributed by atoms with Gasteiger partial charge in [0.05, 0.1) is 5.54 Å². The first kappa shape index (κ1) is 24.1. The van der Waals surface area contributed by atoms with Crippen LogP contribution in [0.2, 0.25) is 0 Å². The van der Waals surface area contributed by atoms with E-state index in [0.29, 0.717) is 18.0 Å². The lowest BCUT2D eigenvalue weighted by Crippen LogP contribution is -2.43. The number of benzene rings is 2. The van der Waals surface area contributed by atoms with Crippen molar-refractivity contribution in [3.63, 3.8) is 0 Å². The van der Waals surface area contributed by atoms with E-state index in [1.807, 2.05) is 24.3 Å². The highest BCUT2D eigenvalue weighted by molar-refractivity contribution is 6.24. The summed E-state index contributed by atoms with van der Waals surface area (Å²) in [6, 6.07) is 16.0. The van der Waals surface area contributed by atoms with E-state index in [1.165, 1.54) is 43.2 Å². The number of hydrogen-bond donors (Lipinski definition) is 3. The van der Waals surface area contributed by atoms with Gasteiger partial charge in [-0.05, 0) is 59.9 Å². The fourth-order valence-corrected chi connectivity index (χ4v) is 5.09. The molecule has 5 nitrogen and oxygen atoms in total. The van der Waals surface area contributed by atoms with Gasteiger partial charge in [0.15, 0.2) is 0 Å². The summed E-state index contributed by atoms with van der Waals surface area (Å²) in [5.74, 6) is -0.771. The Labute approximate surface area is 202 Å². The summed E-state index contributed by atoms with van der Waals surface area (Å²) >= 11 is 0. The van der Waals surface area contributed by atoms with E-state index in [2.05, 4.69) is 55.7 Å². The van der Waals surface area contributed by atoms with Gasteiger partial charge >= 0.3 is 0 Å². The zero-order valence-corrected chi connectivity index (χ0v) is 20.7. The molecular weight excluding hydrogens is 424 g/mol. The SMILES string of the molecule is CC1(Cc2ccc(C(C)(C)C)cc2)NC(=O)C(C(=O)Nc2ccc(C3CCCCC3)cc2)=C1O. The van der Waals surface area contributed by atoms with Crippen LogP contribution in [-0.4, -0.2) is 22.5 Å². The van der Waals surface area contributed by atoms with Crippen LogP contribution in [0.25, 0.3) is 0 Å². The van der Waals surface area contributed by atoms with Crippen molar-refractivity contribution < 1.29 is 14.7 Å². The number of hydrogen-bond acceptors (Lipinski definition) is 3. The smallest absolute Gasteiger partial charge is 0.264 e. The zero-order chi connectivity index (χ0) is 24.5. The average molecular weight is 461 g/mol. The fraction of sp³-hybridized carbons (Fsp3) is 0.448. The van der Waals surface area contributed by atoms with Gasteiger partial charge in [-0.2, -0.15) is 0 Å². The molecule has 1 fully saturated rings. The molecule has 5 heteroatoms. The van der Waals surface area contributed by atoms with E-state index >= 15 is 0 Å². The normalized spacial score (nSPS) is 21.5. The van der Waals surface area contributed by atoms with Crippen LogP contribution in [0.15, 0.2) is 59.9 Å². The highest BCUT2D eigenvalue weighted by Crippen LogP contribution is 2.34. The summed E-state index contributed by atoms with van der Waals surface area (Å²) in [5.41, 5.74) is 2.90. The second-order valence-electron chi connectivity index (χ2n) is 11.0. The molecule has 180 valence electrons. The van der Waals surface area contributed by atoms with Crippen molar-refractivity contribution in [2.24, 2.45) is 0 Å². The average Bonchev–Trinajstić information content (AvgIpc) is 3.02. The number of aliphatic hydroxyl groups is 1. The second kappa shape index (κ2) is 9.28. The van der Waals surface area contributed by atoms with Crippen LogP contribution in [-0.2, 0) is 21.4 Å². The quantitative estimate of drug-likeness (QED) is 0.485. The number of nitrogens with one attached hydrogen (secondary N) is 2. The number of carbonyl (C=O) groups is 2. The van der Waals surface area contributed by atoms with E-state index in [-0.39, 0.29) is 16.7 Å². The molecule has 2 amide bonds. The number of rotatable bonds is 5. The topological polar surface area (TPSA) is 78.4 Å². The molecule has 34 heavy (non-hydrogen) atoms. The third-order valence-electron chi connectivity index (χ3n) is 7.23. The molecule has 1 atom stereocenters. The molecule has 4 rings (SSSR count). The first-order valence-corrected chi connectivity index (χ1v) is 12.3. The molecule has 2 aliphatic rings. The predicted molar refractivity (Wildman–Crippen MR) is 136 cm³/mol. The fourth-order valence-electron chi connectivity index (χ4n) is 5.09. The molecule has 2 aromatic rings. The third kappa shape index (κ3) is 5.03. The summed E-state index contributed by atoms with van der Waals surface area (Å²) in [7, 11) is 0. The Morgan fingerprint density at radius 3 is 2.24 bits per heavy atom. The van der Waals surface area contributed by atoms with Gasteiger partial charge in [-0.1, -0.05) is 76.4 Å². The van der Waals surface area contributed by atoms with Crippen molar-refractivity contribution >= 4 is 17.5 Å². The minimum absolute atomic E-state index is 0.0475. The third-order valence-corrected chi connectivity index (χ3v) is 7.23. The minimum Gasteiger partial charge on any atom is -0.509 e. The standard InChI is InChI=1S/C29H36N2O3/c1-28(2,3)22-14-10-19(11-15-22)18-29(4)25(32)24(27(34)31-29)26(33)30-23-16-12-21(13-17-23)20-8-6-5-7-9-20/h10-17,20,32H,5-9,18H2,1-4H3,(H,30,33)(H,31,34). The van der Waals surface area contributed by atoms with Crippen LogP contribution in [0.3, 0.4) is 0 Å². The summed E-state index contributed by atoms with van der Waals surface area (Å²) in [5, 5.41) is 16.5. The Hall–Kier alpha value is -3.08. The van der Waals surface area contributed by atoms with Gasteiger partial charge in [-0.25, -0.2) is 0 Å². The van der Waals surface area contributed by atoms with Crippen LogP contribution in [0, 0.1) is 0 Å². The number of carbonyl (C=O) groups excluding carboxylic acids is 2. The van der Waals surface area contributed by atoms with Gasteiger partial charge in [-0.15, -0.1) is 0 Å². The van der Waals surface area contributed by atoms with Gasteiger partial charge in [-0.3, -0.25) is 9.59 Å². The molecule has 1 aliphatic heterocycles. The van der Waals surface area contributed by atoms with Crippen molar-refractivity contribution in [2.75, 3.05) is 5.32 Å². The Morgan fingerprint density at radius 1 is 1.03 bits per heavy atom. The van der Waals surface area contributed by atoms with Crippen LogP contribution in [0.5, 0.6) is 0 Å². The molecule has 0 saturated heterocycles. The molecule has 1 unspecified atom stereocenters. The van der Waals surface area contributed by atoms with Crippen molar-refractivity contribution in [1.29, 1.82) is 0 Å². The van der Waals surface area contributed by atoms with E-state index in [4.69, 9.17) is 0 Å². The first-order valence-electron chi connectivity index (χ1n) is 12.3. The lowest BCUT2D eigenvalue weighted by atomic mass is 9.84. The predicted octanol–water partition coefficient (Wildman–Crippen LogP) is 5.91. The van der Waals surface area contributed by atoms with Gasteiger partial charge < -0.3 is 15.7 Å². The molecule has 1 heterocycles. The van der Waals surface area contributed by atoms with Crippen molar-refractivity contribution in [2.45, 2.75) is 83.1 Å². The summed E-state index contributed by atoms with van der Waals surface area (Å²) < 4.78 is 0. The zero-order valence-electron chi connectivity index (χ0n) is 20.7. The van der Waals surface area contributed by atoms with E-state index in [9.17, 15) is 14.7 Å². The largest absolute Gasteiger partial charge is 0.509 e. The van der Waals surface area contributed by atoms with E-state index in [0.717, 1.165) is 5.56 Å². The maximum Gasteiger partial charge on any atom is 0.264 e. The monoisotopic (exact) mass is 460 g/mol. The molecule has 3 N–H and O–H groups in total. The molecule has 0 radical (unpaired) electrons. The first-order chi connectivity index (χ1) is 16.1. The molecule has 2 aromatic carbocycles. The molecule has 1 saturated carbocycles. The number of aliphatic hydroxyl groups excluding tert-OH is 1. The van der Waals surface area contributed by atoms with Gasteiger partial charge in [0.25, 0.3) is 11.8 Å². The summed E-state index contributed by atoms with van der Waals surface area (Å²) in [4.78, 5) is 25.6. The highest BCUT2D eigenvalue weighted by atomic mass is 16.3. The van der Waals surface area contributed by atoms with Crippen LogP contribution < -0.4 is 10.6 Å². The summed E-state index contributed by atoms with van der Waals surface area (Å²) in [6.07, 6.45) is 6.67. The molecule has 1 aliphatic carbocycles. The maximum atomic E-state index is 12.9. The number of amides is 2. The van der Waals surface area contributed by atoms with Gasteiger partial charge in [0, 0.05) is 12.1 Å². The Balaban J connectivity index is 1.46.